The highest BCUT2D eigenvalue weighted by molar-refractivity contribution is 7.89. The predicted molar refractivity (Wildman–Crippen MR) is 63.3 cm³/mol. The molecule has 1 aromatic carbocycles. The van der Waals surface area contributed by atoms with Gasteiger partial charge in [0.1, 0.15) is 11.6 Å². The Morgan fingerprint density at radius 2 is 1.95 bits per heavy atom. The molecule has 6 nitrogen and oxygen atoms in total. The first-order chi connectivity index (χ1) is 9.24. The first kappa shape index (κ1) is 16.2. The monoisotopic (exact) mass is 312 g/mol. The molecular formula is C10H11F3N2O4S. The van der Waals surface area contributed by atoms with Crippen molar-refractivity contribution in [1.29, 1.82) is 0 Å². The van der Waals surface area contributed by atoms with E-state index in [4.69, 9.17) is 0 Å². The fraction of sp³-hybridized carbons (Fsp3) is 0.300. The fourth-order valence-electron chi connectivity index (χ4n) is 1.22. The largest absolute Gasteiger partial charge is 0.507 e. The van der Waals surface area contributed by atoms with Crippen LogP contribution in [0.2, 0.25) is 0 Å². The first-order valence-electron chi connectivity index (χ1n) is 5.27. The van der Waals surface area contributed by atoms with Crippen molar-refractivity contribution in [2.45, 2.75) is 5.76 Å². The van der Waals surface area contributed by atoms with E-state index in [2.05, 4.69) is 5.32 Å². The van der Waals surface area contributed by atoms with Crippen LogP contribution in [-0.4, -0.2) is 38.3 Å². The molecule has 1 rings (SSSR count). The molecule has 0 saturated carbocycles. The zero-order valence-electron chi connectivity index (χ0n) is 9.94. The molecule has 10 heteroatoms. The Hall–Kier alpha value is -1.81. The number of phenolic OH excluding ortho intramolecular Hbond substituents is 1. The molecule has 0 fully saturated rings. The number of phenols is 1. The Morgan fingerprint density at radius 1 is 1.30 bits per heavy atom. The molecule has 1 amide bonds. The molecule has 0 spiro atoms. The average molecular weight is 312 g/mol. The molecule has 0 aromatic heterocycles. The number of hydrogen-bond acceptors (Lipinski definition) is 4. The molecule has 0 unspecified atom stereocenters. The molecule has 0 aliphatic carbocycles. The van der Waals surface area contributed by atoms with E-state index in [1.54, 1.807) is 4.72 Å². The molecule has 0 aliphatic rings. The number of aromatic hydroxyl groups is 1. The van der Waals surface area contributed by atoms with Crippen molar-refractivity contribution < 1.29 is 31.5 Å². The van der Waals surface area contributed by atoms with Crippen molar-refractivity contribution in [2.24, 2.45) is 0 Å². The summed E-state index contributed by atoms with van der Waals surface area (Å²) < 4.78 is 59.7. The summed E-state index contributed by atoms with van der Waals surface area (Å²) in [6.45, 7) is -0.769. The number of carbonyl (C=O) groups excluding carboxylic acids is 1. The Kier molecular flexibility index (Phi) is 5.34. The van der Waals surface area contributed by atoms with Crippen LogP contribution >= 0.6 is 0 Å². The van der Waals surface area contributed by atoms with Crippen molar-refractivity contribution in [3.05, 3.63) is 29.6 Å². The lowest BCUT2D eigenvalue weighted by atomic mass is 10.2. The minimum atomic E-state index is -4.72. The maximum absolute atomic E-state index is 12.9. The van der Waals surface area contributed by atoms with Crippen molar-refractivity contribution in [3.8, 4) is 5.75 Å². The molecule has 0 radical (unpaired) electrons. The SMILES string of the molecule is O=C(NCCNS(=O)(=O)C(F)F)c1cc(F)ccc1O. The molecule has 0 aliphatic heterocycles. The van der Waals surface area contributed by atoms with Gasteiger partial charge in [0.25, 0.3) is 15.9 Å². The maximum Gasteiger partial charge on any atom is 0.350 e. The number of rotatable bonds is 6. The quantitative estimate of drug-likeness (QED) is 0.663. The van der Waals surface area contributed by atoms with E-state index in [-0.39, 0.29) is 12.1 Å². The molecule has 112 valence electrons. The summed E-state index contributed by atoms with van der Waals surface area (Å²) in [5.41, 5.74) is -0.346. The van der Waals surface area contributed by atoms with E-state index in [0.29, 0.717) is 0 Å². The summed E-state index contributed by atoms with van der Waals surface area (Å²) in [6, 6.07) is 2.71. The van der Waals surface area contributed by atoms with Gasteiger partial charge in [-0.25, -0.2) is 17.5 Å². The summed E-state index contributed by atoms with van der Waals surface area (Å²) >= 11 is 0. The molecule has 0 saturated heterocycles. The summed E-state index contributed by atoms with van der Waals surface area (Å²) in [5, 5.41) is 11.5. The van der Waals surface area contributed by atoms with Gasteiger partial charge in [-0.15, -0.1) is 0 Å². The number of amides is 1. The second kappa shape index (κ2) is 6.57. The number of nitrogens with one attached hydrogen (secondary N) is 2. The lowest BCUT2D eigenvalue weighted by Crippen LogP contribution is -2.37. The molecular weight excluding hydrogens is 301 g/mol. The van der Waals surface area contributed by atoms with Gasteiger partial charge >= 0.3 is 5.76 Å². The van der Waals surface area contributed by atoms with Gasteiger partial charge in [-0.1, -0.05) is 0 Å². The van der Waals surface area contributed by atoms with Crippen LogP contribution in [0.4, 0.5) is 13.2 Å². The molecule has 0 atom stereocenters. The van der Waals surface area contributed by atoms with Crippen LogP contribution in [0.25, 0.3) is 0 Å². The molecule has 20 heavy (non-hydrogen) atoms. The van der Waals surface area contributed by atoms with Crippen LogP contribution in [0.3, 0.4) is 0 Å². The third-order valence-electron chi connectivity index (χ3n) is 2.15. The van der Waals surface area contributed by atoms with Gasteiger partial charge in [-0.05, 0) is 18.2 Å². The van der Waals surface area contributed by atoms with Gasteiger partial charge in [0.15, 0.2) is 0 Å². The lowest BCUT2D eigenvalue weighted by Gasteiger charge is -2.08. The Morgan fingerprint density at radius 3 is 2.55 bits per heavy atom. The number of benzene rings is 1. The predicted octanol–water partition coefficient (Wildman–Crippen LogP) is 0.403. The van der Waals surface area contributed by atoms with Crippen molar-refractivity contribution in [1.82, 2.24) is 10.0 Å². The molecule has 0 bridgehead atoms. The van der Waals surface area contributed by atoms with E-state index in [1.807, 2.05) is 0 Å². The van der Waals surface area contributed by atoms with Gasteiger partial charge in [0, 0.05) is 13.1 Å². The van der Waals surface area contributed by atoms with E-state index >= 15 is 0 Å². The van der Waals surface area contributed by atoms with Gasteiger partial charge in [-0.3, -0.25) is 4.79 Å². The molecule has 0 heterocycles. The zero-order valence-corrected chi connectivity index (χ0v) is 10.8. The van der Waals surface area contributed by atoms with Crippen LogP contribution in [0, 0.1) is 5.82 Å². The highest BCUT2D eigenvalue weighted by Gasteiger charge is 2.22. The second-order valence-electron chi connectivity index (χ2n) is 3.62. The number of sulfonamides is 1. The Labute approximate surface area is 112 Å². The van der Waals surface area contributed by atoms with Crippen molar-refractivity contribution in [2.75, 3.05) is 13.1 Å². The van der Waals surface area contributed by atoms with Crippen LogP contribution in [0.15, 0.2) is 18.2 Å². The van der Waals surface area contributed by atoms with E-state index < -0.39 is 39.8 Å². The van der Waals surface area contributed by atoms with E-state index in [1.165, 1.54) is 0 Å². The van der Waals surface area contributed by atoms with Gasteiger partial charge in [-0.2, -0.15) is 8.78 Å². The van der Waals surface area contributed by atoms with Crippen molar-refractivity contribution in [3.63, 3.8) is 0 Å². The smallest absolute Gasteiger partial charge is 0.350 e. The number of carbonyl (C=O) groups is 1. The third kappa shape index (κ3) is 4.38. The highest BCUT2D eigenvalue weighted by atomic mass is 32.2. The van der Waals surface area contributed by atoms with Crippen LogP contribution in [0.5, 0.6) is 5.75 Å². The topological polar surface area (TPSA) is 95.5 Å². The summed E-state index contributed by atoms with van der Waals surface area (Å²) in [7, 11) is -4.72. The lowest BCUT2D eigenvalue weighted by molar-refractivity contribution is 0.0951. The normalized spacial score (nSPS) is 11.6. The Bertz CT molecular complexity index is 592. The second-order valence-corrected chi connectivity index (χ2v) is 5.35. The van der Waals surface area contributed by atoms with Gasteiger partial charge < -0.3 is 10.4 Å². The third-order valence-corrected chi connectivity index (χ3v) is 3.23. The standard InChI is InChI=1S/C10H11F3N2O4S/c11-6-1-2-8(16)7(5-6)9(17)14-3-4-15-20(18,19)10(12)13/h1-2,5,10,15-16H,3-4H2,(H,14,17). The van der Waals surface area contributed by atoms with E-state index in [9.17, 15) is 31.5 Å². The first-order valence-corrected chi connectivity index (χ1v) is 6.82. The number of halogens is 3. The fourth-order valence-corrected chi connectivity index (χ4v) is 1.73. The summed E-state index contributed by atoms with van der Waals surface area (Å²) in [6.07, 6.45) is 0. The average Bonchev–Trinajstić information content (AvgIpc) is 2.37. The van der Waals surface area contributed by atoms with Crippen molar-refractivity contribution >= 4 is 15.9 Å². The summed E-state index contributed by atoms with van der Waals surface area (Å²) in [4.78, 5) is 11.5. The molecule has 3 N–H and O–H groups in total. The summed E-state index contributed by atoms with van der Waals surface area (Å²) in [5.74, 6) is -5.63. The van der Waals surface area contributed by atoms with Gasteiger partial charge in [0.2, 0.25) is 0 Å². The Balaban J connectivity index is 2.51. The highest BCUT2D eigenvalue weighted by Crippen LogP contribution is 2.17. The number of hydrogen-bond donors (Lipinski definition) is 3. The van der Waals surface area contributed by atoms with Gasteiger partial charge in [0.05, 0.1) is 5.56 Å². The minimum absolute atomic E-state index is 0.305. The molecule has 1 aromatic rings. The number of alkyl halides is 2. The maximum atomic E-state index is 12.9. The van der Waals surface area contributed by atoms with Crippen LogP contribution in [-0.2, 0) is 10.0 Å². The van der Waals surface area contributed by atoms with Crippen LogP contribution < -0.4 is 10.0 Å². The minimum Gasteiger partial charge on any atom is -0.507 e. The van der Waals surface area contributed by atoms with Crippen LogP contribution in [0.1, 0.15) is 10.4 Å². The zero-order chi connectivity index (χ0) is 15.3. The van der Waals surface area contributed by atoms with E-state index in [0.717, 1.165) is 18.2 Å².